The topological polar surface area (TPSA) is 67.9 Å². The van der Waals surface area contributed by atoms with E-state index in [-0.39, 0.29) is 5.91 Å². The molecule has 2 aliphatic rings. The average Bonchev–Trinajstić information content (AvgIpc) is 2.66. The van der Waals surface area contributed by atoms with Gasteiger partial charge in [0, 0.05) is 12.8 Å². The number of rotatable bonds is 2. The normalized spacial score (nSPS) is 21.6. The monoisotopic (exact) mass is 262 g/mol. The van der Waals surface area contributed by atoms with Crippen molar-refractivity contribution in [3.63, 3.8) is 0 Å². The van der Waals surface area contributed by atoms with Crippen LogP contribution in [0.1, 0.15) is 12.8 Å². The number of anilines is 1. The van der Waals surface area contributed by atoms with Gasteiger partial charge in [0.1, 0.15) is 0 Å². The number of nitrogens with zero attached hydrogens (tertiary/aromatic N) is 1. The van der Waals surface area contributed by atoms with Crippen LogP contribution < -0.4 is 5.43 Å². The summed E-state index contributed by atoms with van der Waals surface area (Å²) in [6.07, 6.45) is 0.158. The summed E-state index contributed by atoms with van der Waals surface area (Å²) in [6, 6.07) is 9.04. The predicted molar refractivity (Wildman–Crippen MR) is 66.2 cm³/mol. The van der Waals surface area contributed by atoms with E-state index in [2.05, 4.69) is 5.43 Å². The third-order valence-corrected chi connectivity index (χ3v) is 3.37. The summed E-state index contributed by atoms with van der Waals surface area (Å²) < 4.78 is 10.5. The number of para-hydroxylation sites is 1. The van der Waals surface area contributed by atoms with Crippen LogP contribution in [0.15, 0.2) is 30.3 Å². The molecule has 0 bridgehead atoms. The van der Waals surface area contributed by atoms with E-state index < -0.39 is 11.7 Å². The molecule has 2 saturated heterocycles. The van der Waals surface area contributed by atoms with Crippen molar-refractivity contribution in [2.24, 2.45) is 0 Å². The first-order chi connectivity index (χ1) is 9.21. The lowest BCUT2D eigenvalue weighted by Gasteiger charge is -2.28. The van der Waals surface area contributed by atoms with Gasteiger partial charge in [-0.1, -0.05) is 18.2 Å². The molecular weight excluding hydrogens is 248 g/mol. The zero-order valence-corrected chi connectivity index (χ0v) is 10.3. The van der Waals surface area contributed by atoms with E-state index in [1.54, 1.807) is 12.1 Å². The van der Waals surface area contributed by atoms with Crippen molar-refractivity contribution in [2.45, 2.75) is 18.4 Å². The van der Waals surface area contributed by atoms with Gasteiger partial charge < -0.3 is 9.47 Å². The zero-order chi connectivity index (χ0) is 13.3. The standard InChI is InChI=1S/C13H14N2O4/c16-11-13(6-8-18-9-7-13)19-12(17)15(11)14-10-4-2-1-3-5-10/h1-5,14H,6-9H2. The molecule has 1 spiro atoms. The van der Waals surface area contributed by atoms with E-state index in [4.69, 9.17) is 9.47 Å². The molecule has 6 nitrogen and oxygen atoms in total. The summed E-state index contributed by atoms with van der Waals surface area (Å²) in [6.45, 7) is 0.858. The fourth-order valence-electron chi connectivity index (χ4n) is 2.30. The third-order valence-electron chi connectivity index (χ3n) is 3.37. The maximum absolute atomic E-state index is 12.4. The minimum Gasteiger partial charge on any atom is -0.431 e. The van der Waals surface area contributed by atoms with Crippen molar-refractivity contribution >= 4 is 17.7 Å². The van der Waals surface area contributed by atoms with Gasteiger partial charge in [0.2, 0.25) is 0 Å². The Morgan fingerprint density at radius 1 is 1.11 bits per heavy atom. The molecule has 2 fully saturated rings. The SMILES string of the molecule is O=C1OC2(CCOCC2)C(=O)N1Nc1ccccc1. The van der Waals surface area contributed by atoms with Crippen LogP contribution in [0, 0.1) is 0 Å². The Bertz CT molecular complexity index is 497. The Balaban J connectivity index is 1.79. The fourth-order valence-corrected chi connectivity index (χ4v) is 2.30. The van der Waals surface area contributed by atoms with E-state index in [1.165, 1.54) is 0 Å². The van der Waals surface area contributed by atoms with Gasteiger partial charge in [-0.05, 0) is 12.1 Å². The summed E-state index contributed by atoms with van der Waals surface area (Å²) in [5.74, 6) is -0.343. The van der Waals surface area contributed by atoms with Gasteiger partial charge in [-0.15, -0.1) is 0 Å². The highest BCUT2D eigenvalue weighted by Crippen LogP contribution is 2.33. The molecular formula is C13H14N2O4. The van der Waals surface area contributed by atoms with Crippen molar-refractivity contribution < 1.29 is 19.1 Å². The first kappa shape index (κ1) is 12.0. The molecule has 19 heavy (non-hydrogen) atoms. The molecule has 100 valence electrons. The number of ether oxygens (including phenoxy) is 2. The van der Waals surface area contributed by atoms with Gasteiger partial charge in [-0.3, -0.25) is 10.2 Å². The minimum atomic E-state index is -1.04. The Hall–Kier alpha value is -2.08. The lowest BCUT2D eigenvalue weighted by molar-refractivity contribution is -0.143. The minimum absolute atomic E-state index is 0.343. The molecule has 0 atom stereocenters. The largest absolute Gasteiger partial charge is 0.437 e. The maximum atomic E-state index is 12.4. The molecule has 2 amide bonds. The second-order valence-electron chi connectivity index (χ2n) is 4.59. The smallest absolute Gasteiger partial charge is 0.431 e. The van der Waals surface area contributed by atoms with Crippen molar-refractivity contribution in [1.29, 1.82) is 0 Å². The Kier molecular flexibility index (Phi) is 2.87. The Morgan fingerprint density at radius 3 is 2.47 bits per heavy atom. The summed E-state index contributed by atoms with van der Waals surface area (Å²) in [5, 5.41) is 0.945. The van der Waals surface area contributed by atoms with Gasteiger partial charge in [0.05, 0.1) is 18.9 Å². The Morgan fingerprint density at radius 2 is 1.79 bits per heavy atom. The van der Waals surface area contributed by atoms with Crippen LogP contribution in [0.4, 0.5) is 10.5 Å². The number of imide groups is 1. The zero-order valence-electron chi connectivity index (χ0n) is 10.3. The molecule has 2 heterocycles. The number of hydrogen-bond donors (Lipinski definition) is 1. The number of hydrogen-bond acceptors (Lipinski definition) is 5. The first-order valence-corrected chi connectivity index (χ1v) is 6.18. The summed E-state index contributed by atoms with van der Waals surface area (Å²) >= 11 is 0. The predicted octanol–water partition coefficient (Wildman–Crippen LogP) is 1.54. The number of benzene rings is 1. The van der Waals surface area contributed by atoms with Crippen LogP contribution >= 0.6 is 0 Å². The summed E-state index contributed by atoms with van der Waals surface area (Å²) in [4.78, 5) is 24.2. The van der Waals surface area contributed by atoms with Gasteiger partial charge in [0.15, 0.2) is 5.60 Å². The molecule has 0 radical (unpaired) electrons. The second kappa shape index (κ2) is 4.55. The molecule has 1 aromatic rings. The second-order valence-corrected chi connectivity index (χ2v) is 4.59. The number of nitrogens with one attached hydrogen (secondary N) is 1. The first-order valence-electron chi connectivity index (χ1n) is 6.18. The maximum Gasteiger partial charge on any atom is 0.437 e. The molecule has 3 rings (SSSR count). The van der Waals surface area contributed by atoms with Gasteiger partial charge in [-0.2, -0.15) is 5.01 Å². The molecule has 1 aromatic carbocycles. The van der Waals surface area contributed by atoms with E-state index in [9.17, 15) is 9.59 Å². The van der Waals surface area contributed by atoms with Crippen molar-refractivity contribution in [1.82, 2.24) is 5.01 Å². The third kappa shape index (κ3) is 2.04. The van der Waals surface area contributed by atoms with E-state index in [1.807, 2.05) is 18.2 Å². The molecule has 0 unspecified atom stereocenters. The van der Waals surface area contributed by atoms with Crippen LogP contribution in [-0.4, -0.2) is 35.8 Å². The van der Waals surface area contributed by atoms with Crippen LogP contribution in [-0.2, 0) is 14.3 Å². The molecule has 2 aliphatic heterocycles. The number of carbonyl (C=O) groups is 2. The highest BCUT2D eigenvalue weighted by molar-refractivity contribution is 6.03. The highest BCUT2D eigenvalue weighted by Gasteiger charge is 2.55. The lowest BCUT2D eigenvalue weighted by Crippen LogP contribution is -2.46. The van der Waals surface area contributed by atoms with Crippen LogP contribution in [0.5, 0.6) is 0 Å². The number of carbonyl (C=O) groups excluding carboxylic acids is 2. The summed E-state index contributed by atoms with van der Waals surface area (Å²) in [5.41, 5.74) is 2.40. The molecule has 6 heteroatoms. The molecule has 0 saturated carbocycles. The van der Waals surface area contributed by atoms with Crippen LogP contribution in [0.3, 0.4) is 0 Å². The van der Waals surface area contributed by atoms with E-state index in [0.717, 1.165) is 5.01 Å². The lowest BCUT2D eigenvalue weighted by atomic mass is 9.94. The van der Waals surface area contributed by atoms with Crippen LogP contribution in [0.25, 0.3) is 0 Å². The van der Waals surface area contributed by atoms with Crippen molar-refractivity contribution in [3.8, 4) is 0 Å². The number of hydrazine groups is 1. The average molecular weight is 262 g/mol. The highest BCUT2D eigenvalue weighted by atomic mass is 16.6. The van der Waals surface area contributed by atoms with Gasteiger partial charge in [0.25, 0.3) is 5.91 Å². The molecule has 0 aromatic heterocycles. The molecule has 1 N–H and O–H groups in total. The Labute approximate surface area is 110 Å². The summed E-state index contributed by atoms with van der Waals surface area (Å²) in [7, 11) is 0. The fraction of sp³-hybridized carbons (Fsp3) is 0.385. The van der Waals surface area contributed by atoms with Crippen LogP contribution in [0.2, 0.25) is 0 Å². The van der Waals surface area contributed by atoms with Gasteiger partial charge in [-0.25, -0.2) is 4.79 Å². The van der Waals surface area contributed by atoms with Crippen molar-refractivity contribution in [2.75, 3.05) is 18.6 Å². The van der Waals surface area contributed by atoms with E-state index in [0.29, 0.717) is 31.7 Å². The van der Waals surface area contributed by atoms with E-state index >= 15 is 0 Å². The number of amides is 2. The quantitative estimate of drug-likeness (QED) is 0.875. The molecule has 0 aliphatic carbocycles. The van der Waals surface area contributed by atoms with Crippen molar-refractivity contribution in [3.05, 3.63) is 30.3 Å². The van der Waals surface area contributed by atoms with Gasteiger partial charge >= 0.3 is 6.09 Å².